The van der Waals surface area contributed by atoms with Crippen LogP contribution in [0.25, 0.3) is 10.9 Å². The number of carbonyl (C=O) groups is 1. The molecule has 0 unspecified atom stereocenters. The number of aromatic nitrogens is 1. The highest BCUT2D eigenvalue weighted by Gasteiger charge is 2.12. The van der Waals surface area contributed by atoms with Crippen molar-refractivity contribution in [2.45, 2.75) is 6.54 Å². The average Bonchev–Trinajstić information content (AvgIpc) is 3.27. The number of furan rings is 1. The molecule has 2 aromatic carbocycles. The Hall–Kier alpha value is -3.67. The summed E-state index contributed by atoms with van der Waals surface area (Å²) in [6.45, 7) is 0.401. The van der Waals surface area contributed by atoms with Crippen molar-refractivity contribution in [2.24, 2.45) is 4.99 Å². The SMILES string of the molecule is O=C(O)c1ccc(Cn2cc(C=Nc3ccc(F)cc3)c3ccccc32)o1. The van der Waals surface area contributed by atoms with Gasteiger partial charge in [-0.05, 0) is 42.5 Å². The molecule has 4 aromatic rings. The van der Waals surface area contributed by atoms with E-state index in [1.807, 2.05) is 35.0 Å². The molecule has 0 radical (unpaired) electrons. The largest absolute Gasteiger partial charge is 0.475 e. The Labute approximate surface area is 154 Å². The predicted molar refractivity (Wildman–Crippen MR) is 100 cm³/mol. The van der Waals surface area contributed by atoms with E-state index in [-0.39, 0.29) is 11.6 Å². The number of carboxylic acids is 1. The second kappa shape index (κ2) is 6.92. The van der Waals surface area contributed by atoms with Gasteiger partial charge in [0.1, 0.15) is 11.6 Å². The summed E-state index contributed by atoms with van der Waals surface area (Å²) < 4.78 is 20.4. The maximum Gasteiger partial charge on any atom is 0.371 e. The van der Waals surface area contributed by atoms with E-state index >= 15 is 0 Å². The fourth-order valence-electron chi connectivity index (χ4n) is 2.93. The molecule has 0 amide bonds. The van der Waals surface area contributed by atoms with Gasteiger partial charge in [-0.1, -0.05) is 18.2 Å². The van der Waals surface area contributed by atoms with Crippen LogP contribution in [0.1, 0.15) is 21.9 Å². The molecule has 0 aliphatic carbocycles. The third-order valence-electron chi connectivity index (χ3n) is 4.20. The van der Waals surface area contributed by atoms with E-state index in [2.05, 4.69) is 4.99 Å². The molecule has 27 heavy (non-hydrogen) atoms. The quantitative estimate of drug-likeness (QED) is 0.515. The first-order chi connectivity index (χ1) is 13.1. The standard InChI is InChI=1S/C21H15FN2O3/c22-15-5-7-16(8-6-15)23-11-14-12-24(19-4-2-1-3-18(14)19)13-17-9-10-20(27-17)21(25)26/h1-12H,13H2,(H,25,26). The highest BCUT2D eigenvalue weighted by Crippen LogP contribution is 2.23. The lowest BCUT2D eigenvalue weighted by atomic mass is 10.2. The highest BCUT2D eigenvalue weighted by atomic mass is 19.1. The van der Waals surface area contributed by atoms with Gasteiger partial charge in [-0.15, -0.1) is 0 Å². The van der Waals surface area contributed by atoms with Crippen molar-refractivity contribution < 1.29 is 18.7 Å². The molecule has 2 aromatic heterocycles. The van der Waals surface area contributed by atoms with Crippen LogP contribution < -0.4 is 0 Å². The van der Waals surface area contributed by atoms with Crippen LogP contribution in [0.15, 0.2) is 76.3 Å². The van der Waals surface area contributed by atoms with Gasteiger partial charge in [0.2, 0.25) is 5.76 Å². The second-order valence-corrected chi connectivity index (χ2v) is 6.04. The van der Waals surface area contributed by atoms with Gasteiger partial charge in [-0.3, -0.25) is 4.99 Å². The molecule has 2 heterocycles. The Kier molecular flexibility index (Phi) is 4.30. The van der Waals surface area contributed by atoms with Crippen LogP contribution in [0.4, 0.5) is 10.1 Å². The maximum absolute atomic E-state index is 13.0. The van der Waals surface area contributed by atoms with Crippen LogP contribution in [0.3, 0.4) is 0 Å². The summed E-state index contributed by atoms with van der Waals surface area (Å²) in [6.07, 6.45) is 3.66. The van der Waals surface area contributed by atoms with E-state index in [0.717, 1.165) is 16.5 Å². The summed E-state index contributed by atoms with van der Waals surface area (Å²) in [6, 6.07) is 16.9. The number of halogens is 1. The van der Waals surface area contributed by atoms with E-state index in [1.54, 1.807) is 24.4 Å². The first-order valence-corrected chi connectivity index (χ1v) is 8.30. The van der Waals surface area contributed by atoms with Gasteiger partial charge in [0.25, 0.3) is 0 Å². The Bertz CT molecular complexity index is 1140. The topological polar surface area (TPSA) is 67.7 Å². The van der Waals surface area contributed by atoms with Crippen molar-refractivity contribution in [2.75, 3.05) is 0 Å². The Morgan fingerprint density at radius 1 is 1.11 bits per heavy atom. The van der Waals surface area contributed by atoms with Crippen molar-refractivity contribution >= 4 is 28.8 Å². The van der Waals surface area contributed by atoms with Crippen LogP contribution in [0.5, 0.6) is 0 Å². The minimum atomic E-state index is -1.09. The Morgan fingerprint density at radius 3 is 2.63 bits per heavy atom. The van der Waals surface area contributed by atoms with Gasteiger partial charge >= 0.3 is 5.97 Å². The van der Waals surface area contributed by atoms with Crippen molar-refractivity contribution in [3.8, 4) is 0 Å². The molecule has 0 spiro atoms. The molecule has 4 rings (SSSR count). The van der Waals surface area contributed by atoms with Crippen LogP contribution in [-0.4, -0.2) is 21.9 Å². The van der Waals surface area contributed by atoms with Crippen LogP contribution in [-0.2, 0) is 6.54 Å². The van der Waals surface area contributed by atoms with E-state index in [1.165, 1.54) is 18.2 Å². The van der Waals surface area contributed by atoms with E-state index in [9.17, 15) is 9.18 Å². The van der Waals surface area contributed by atoms with E-state index in [4.69, 9.17) is 9.52 Å². The summed E-state index contributed by atoms with van der Waals surface area (Å²) in [5.74, 6) is -0.926. The number of rotatable bonds is 5. The number of hydrogen-bond donors (Lipinski definition) is 1. The van der Waals surface area contributed by atoms with Gasteiger partial charge in [0, 0.05) is 28.9 Å². The number of benzene rings is 2. The number of aliphatic imine (C=N–C) groups is 1. The summed E-state index contributed by atoms with van der Waals surface area (Å²) >= 11 is 0. The van der Waals surface area contributed by atoms with Gasteiger partial charge in [-0.2, -0.15) is 0 Å². The molecule has 0 aliphatic rings. The van der Waals surface area contributed by atoms with Gasteiger partial charge < -0.3 is 14.1 Å². The monoisotopic (exact) mass is 362 g/mol. The second-order valence-electron chi connectivity index (χ2n) is 6.04. The minimum Gasteiger partial charge on any atom is -0.475 e. The van der Waals surface area contributed by atoms with Gasteiger partial charge in [-0.25, -0.2) is 9.18 Å². The van der Waals surface area contributed by atoms with Crippen molar-refractivity contribution in [1.29, 1.82) is 0 Å². The first kappa shape index (κ1) is 16.8. The Balaban J connectivity index is 1.67. The fraction of sp³-hybridized carbons (Fsp3) is 0.0476. The zero-order valence-electron chi connectivity index (χ0n) is 14.2. The zero-order valence-corrected chi connectivity index (χ0v) is 14.2. The van der Waals surface area contributed by atoms with E-state index in [0.29, 0.717) is 18.0 Å². The lowest BCUT2D eigenvalue weighted by molar-refractivity contribution is 0.0660. The number of carboxylic acid groups (broad SMARTS) is 1. The summed E-state index contributed by atoms with van der Waals surface area (Å²) in [4.78, 5) is 15.4. The normalized spacial score (nSPS) is 11.4. The van der Waals surface area contributed by atoms with Crippen LogP contribution in [0, 0.1) is 5.82 Å². The van der Waals surface area contributed by atoms with Gasteiger partial charge in [0.15, 0.2) is 0 Å². The molecular weight excluding hydrogens is 347 g/mol. The van der Waals surface area contributed by atoms with Crippen molar-refractivity contribution in [3.63, 3.8) is 0 Å². The van der Waals surface area contributed by atoms with Crippen molar-refractivity contribution in [1.82, 2.24) is 4.57 Å². The number of fused-ring (bicyclic) bond motifs is 1. The molecule has 1 N–H and O–H groups in total. The molecule has 0 fully saturated rings. The minimum absolute atomic E-state index is 0.0837. The zero-order chi connectivity index (χ0) is 18.8. The molecule has 134 valence electrons. The lowest BCUT2D eigenvalue weighted by Gasteiger charge is -2.02. The molecule has 6 heteroatoms. The molecule has 0 bridgehead atoms. The summed E-state index contributed by atoms with van der Waals surface area (Å²) in [5, 5.41) is 10.0. The van der Waals surface area contributed by atoms with Crippen LogP contribution >= 0.6 is 0 Å². The molecule has 0 atom stereocenters. The molecular formula is C21H15FN2O3. The molecule has 0 saturated heterocycles. The van der Waals surface area contributed by atoms with Gasteiger partial charge in [0.05, 0.1) is 12.2 Å². The third kappa shape index (κ3) is 3.50. The number of hydrogen-bond acceptors (Lipinski definition) is 3. The fourth-order valence-corrected chi connectivity index (χ4v) is 2.93. The number of para-hydroxylation sites is 1. The van der Waals surface area contributed by atoms with Crippen molar-refractivity contribution in [3.05, 3.63) is 89.8 Å². The smallest absolute Gasteiger partial charge is 0.371 e. The highest BCUT2D eigenvalue weighted by molar-refractivity contribution is 6.00. The summed E-state index contributed by atoms with van der Waals surface area (Å²) in [7, 11) is 0. The number of aromatic carboxylic acids is 1. The van der Waals surface area contributed by atoms with Crippen LogP contribution in [0.2, 0.25) is 0 Å². The summed E-state index contributed by atoms with van der Waals surface area (Å²) in [5.41, 5.74) is 2.54. The maximum atomic E-state index is 13.0. The lowest BCUT2D eigenvalue weighted by Crippen LogP contribution is -1.97. The predicted octanol–water partition coefficient (Wildman–Crippen LogP) is 4.87. The third-order valence-corrected chi connectivity index (χ3v) is 4.20. The molecule has 0 saturated carbocycles. The Morgan fingerprint density at radius 2 is 1.89 bits per heavy atom. The average molecular weight is 362 g/mol. The first-order valence-electron chi connectivity index (χ1n) is 8.30. The molecule has 5 nitrogen and oxygen atoms in total. The van der Waals surface area contributed by atoms with E-state index < -0.39 is 5.97 Å². The number of nitrogens with zero attached hydrogens (tertiary/aromatic N) is 2. The molecule has 0 aliphatic heterocycles.